The quantitative estimate of drug-likeness (QED) is 0.491. The third kappa shape index (κ3) is 4.07. The van der Waals surface area contributed by atoms with E-state index in [-0.39, 0.29) is 5.84 Å². The highest BCUT2D eigenvalue weighted by molar-refractivity contribution is 5.76. The van der Waals surface area contributed by atoms with E-state index < -0.39 is 0 Å². The molecule has 1 aliphatic heterocycles. The predicted octanol–water partition coefficient (Wildman–Crippen LogP) is 0.813. The minimum Gasteiger partial charge on any atom is -0.388 e. The molecule has 0 radical (unpaired) electrons. The van der Waals surface area contributed by atoms with Gasteiger partial charge in [-0.15, -0.1) is 0 Å². The molecule has 0 spiro atoms. The topological polar surface area (TPSA) is 62.3 Å². The summed E-state index contributed by atoms with van der Waals surface area (Å²) in [6.07, 6.45) is 3.44. The van der Waals surface area contributed by atoms with E-state index in [9.17, 15) is 0 Å². The van der Waals surface area contributed by atoms with Gasteiger partial charge in [-0.3, -0.25) is 5.41 Å². The minimum absolute atomic E-state index is 0.274. The van der Waals surface area contributed by atoms with E-state index in [4.69, 9.17) is 15.9 Å². The van der Waals surface area contributed by atoms with Crippen molar-refractivity contribution in [2.75, 3.05) is 26.2 Å². The second-order valence-corrected chi connectivity index (χ2v) is 3.80. The zero-order chi connectivity index (χ0) is 10.4. The fraction of sp³-hybridized carbons (Fsp3) is 0.900. The molecule has 0 saturated carbocycles. The Labute approximate surface area is 85.9 Å². The molecular weight excluding hydrogens is 178 g/mol. The van der Waals surface area contributed by atoms with Crippen LogP contribution in [0.15, 0.2) is 0 Å². The van der Waals surface area contributed by atoms with Crippen molar-refractivity contribution in [1.82, 2.24) is 4.90 Å². The maximum atomic E-state index is 7.17. The monoisotopic (exact) mass is 199 g/mol. The first-order chi connectivity index (χ1) is 6.72. The summed E-state index contributed by atoms with van der Waals surface area (Å²) in [7, 11) is 0. The molecule has 0 aliphatic carbocycles. The van der Waals surface area contributed by atoms with Gasteiger partial charge >= 0.3 is 0 Å². The van der Waals surface area contributed by atoms with E-state index in [1.165, 1.54) is 12.8 Å². The molecule has 1 atom stereocenters. The van der Waals surface area contributed by atoms with E-state index in [2.05, 4.69) is 11.8 Å². The first kappa shape index (κ1) is 11.5. The lowest BCUT2D eigenvalue weighted by Gasteiger charge is -2.23. The van der Waals surface area contributed by atoms with Crippen molar-refractivity contribution in [1.29, 1.82) is 5.41 Å². The molecule has 0 amide bonds. The zero-order valence-electron chi connectivity index (χ0n) is 8.96. The van der Waals surface area contributed by atoms with Crippen LogP contribution < -0.4 is 5.73 Å². The van der Waals surface area contributed by atoms with Crippen molar-refractivity contribution in [3.8, 4) is 0 Å². The summed E-state index contributed by atoms with van der Waals surface area (Å²) in [4.78, 5) is 2.30. The lowest BCUT2D eigenvalue weighted by Crippen LogP contribution is -2.34. The van der Waals surface area contributed by atoms with Crippen LogP contribution >= 0.6 is 0 Å². The Morgan fingerprint density at radius 3 is 2.93 bits per heavy atom. The SMILES string of the molecule is CCN(CCC(=N)N)CC1CCCO1. The van der Waals surface area contributed by atoms with Gasteiger partial charge in [0.15, 0.2) is 0 Å². The lowest BCUT2D eigenvalue weighted by atomic mass is 10.2. The van der Waals surface area contributed by atoms with Crippen molar-refractivity contribution in [3.63, 3.8) is 0 Å². The average molecular weight is 199 g/mol. The van der Waals surface area contributed by atoms with E-state index in [0.29, 0.717) is 12.5 Å². The van der Waals surface area contributed by atoms with Gasteiger partial charge in [-0.05, 0) is 19.4 Å². The zero-order valence-corrected chi connectivity index (χ0v) is 8.96. The molecule has 1 unspecified atom stereocenters. The molecule has 1 rings (SSSR count). The van der Waals surface area contributed by atoms with Gasteiger partial charge in [0.2, 0.25) is 0 Å². The molecule has 3 N–H and O–H groups in total. The molecule has 0 aromatic heterocycles. The van der Waals surface area contributed by atoms with E-state index in [1.54, 1.807) is 0 Å². The summed E-state index contributed by atoms with van der Waals surface area (Å²) >= 11 is 0. The van der Waals surface area contributed by atoms with Gasteiger partial charge in [0.1, 0.15) is 0 Å². The molecule has 4 heteroatoms. The molecule has 4 nitrogen and oxygen atoms in total. The van der Waals surface area contributed by atoms with Crippen molar-refractivity contribution in [3.05, 3.63) is 0 Å². The third-order valence-electron chi connectivity index (χ3n) is 2.63. The Hall–Kier alpha value is -0.610. The summed E-state index contributed by atoms with van der Waals surface area (Å²) in [6.45, 7) is 5.92. The Morgan fingerprint density at radius 2 is 2.43 bits per heavy atom. The summed E-state index contributed by atoms with van der Waals surface area (Å²) in [5.74, 6) is 0.274. The van der Waals surface area contributed by atoms with Crippen LogP contribution in [-0.2, 0) is 4.74 Å². The first-order valence-electron chi connectivity index (χ1n) is 5.39. The number of hydrogen-bond donors (Lipinski definition) is 2. The van der Waals surface area contributed by atoms with E-state index >= 15 is 0 Å². The van der Waals surface area contributed by atoms with Crippen LogP contribution in [0.1, 0.15) is 26.2 Å². The van der Waals surface area contributed by atoms with Crippen LogP contribution in [0.25, 0.3) is 0 Å². The molecule has 82 valence electrons. The fourth-order valence-corrected chi connectivity index (χ4v) is 1.73. The number of nitrogens with one attached hydrogen (secondary N) is 1. The Morgan fingerprint density at radius 1 is 1.64 bits per heavy atom. The normalized spacial score (nSPS) is 21.7. The highest BCUT2D eigenvalue weighted by Gasteiger charge is 2.18. The predicted molar refractivity (Wildman–Crippen MR) is 57.6 cm³/mol. The van der Waals surface area contributed by atoms with Crippen molar-refractivity contribution in [2.45, 2.75) is 32.3 Å². The number of rotatable bonds is 6. The molecule has 1 heterocycles. The Kier molecular flexibility index (Phi) is 4.90. The summed E-state index contributed by atoms with van der Waals surface area (Å²) in [5.41, 5.74) is 5.33. The maximum absolute atomic E-state index is 7.17. The highest BCUT2D eigenvalue weighted by atomic mass is 16.5. The second-order valence-electron chi connectivity index (χ2n) is 3.80. The van der Waals surface area contributed by atoms with Crippen molar-refractivity contribution < 1.29 is 4.74 Å². The van der Waals surface area contributed by atoms with Crippen LogP contribution in [0, 0.1) is 5.41 Å². The maximum Gasteiger partial charge on any atom is 0.0918 e. The molecule has 0 bridgehead atoms. The highest BCUT2D eigenvalue weighted by Crippen LogP contribution is 2.13. The second kappa shape index (κ2) is 5.98. The number of hydrogen-bond acceptors (Lipinski definition) is 3. The van der Waals surface area contributed by atoms with Gasteiger partial charge in [-0.25, -0.2) is 0 Å². The summed E-state index contributed by atoms with van der Waals surface area (Å²) < 4.78 is 5.57. The number of nitrogens with two attached hydrogens (primary N) is 1. The standard InChI is InChI=1S/C10H21N3O/c1-2-13(6-5-10(11)12)8-9-4-3-7-14-9/h9H,2-8H2,1H3,(H3,11,12). The van der Waals surface area contributed by atoms with Crippen LogP contribution in [0.4, 0.5) is 0 Å². The van der Waals surface area contributed by atoms with E-state index in [0.717, 1.165) is 26.2 Å². The molecule has 1 aliphatic rings. The van der Waals surface area contributed by atoms with Gasteiger partial charge in [-0.1, -0.05) is 6.92 Å². The molecule has 1 fully saturated rings. The smallest absolute Gasteiger partial charge is 0.0918 e. The van der Waals surface area contributed by atoms with Crippen LogP contribution in [-0.4, -0.2) is 43.1 Å². The number of ether oxygens (including phenoxy) is 1. The van der Waals surface area contributed by atoms with Gasteiger partial charge in [-0.2, -0.15) is 0 Å². The third-order valence-corrected chi connectivity index (χ3v) is 2.63. The number of likely N-dealkylation sites (N-methyl/N-ethyl adjacent to an activating group) is 1. The van der Waals surface area contributed by atoms with Crippen LogP contribution in [0.2, 0.25) is 0 Å². The molecule has 1 saturated heterocycles. The van der Waals surface area contributed by atoms with Crippen LogP contribution in [0.3, 0.4) is 0 Å². The molecule has 0 aromatic carbocycles. The average Bonchev–Trinajstić information content (AvgIpc) is 2.64. The number of amidine groups is 1. The minimum atomic E-state index is 0.274. The Balaban J connectivity index is 2.19. The van der Waals surface area contributed by atoms with Gasteiger partial charge < -0.3 is 15.4 Å². The van der Waals surface area contributed by atoms with Crippen molar-refractivity contribution in [2.24, 2.45) is 5.73 Å². The van der Waals surface area contributed by atoms with Crippen molar-refractivity contribution >= 4 is 5.84 Å². The lowest BCUT2D eigenvalue weighted by molar-refractivity contribution is 0.0757. The fourth-order valence-electron chi connectivity index (χ4n) is 1.73. The van der Waals surface area contributed by atoms with Gasteiger partial charge in [0.25, 0.3) is 0 Å². The molecule has 0 aromatic rings. The molecular formula is C10H21N3O. The van der Waals surface area contributed by atoms with Gasteiger partial charge in [0.05, 0.1) is 11.9 Å². The largest absolute Gasteiger partial charge is 0.388 e. The first-order valence-corrected chi connectivity index (χ1v) is 5.39. The van der Waals surface area contributed by atoms with Gasteiger partial charge in [0, 0.05) is 26.1 Å². The van der Waals surface area contributed by atoms with E-state index in [1.807, 2.05) is 0 Å². The molecule has 14 heavy (non-hydrogen) atoms. The Bertz CT molecular complexity index is 178. The van der Waals surface area contributed by atoms with Crippen LogP contribution in [0.5, 0.6) is 0 Å². The number of nitrogens with zero attached hydrogens (tertiary/aromatic N) is 1. The summed E-state index contributed by atoms with van der Waals surface area (Å²) in [5, 5.41) is 7.17. The summed E-state index contributed by atoms with van der Waals surface area (Å²) in [6, 6.07) is 0.